The third-order valence-corrected chi connectivity index (χ3v) is 4.44. The summed E-state index contributed by atoms with van der Waals surface area (Å²) in [5.74, 6) is 0.838. The van der Waals surface area contributed by atoms with E-state index in [-0.39, 0.29) is 12.2 Å². The lowest BCUT2D eigenvalue weighted by molar-refractivity contribution is 0.0993. The summed E-state index contributed by atoms with van der Waals surface area (Å²) < 4.78 is 7.47. The van der Waals surface area contributed by atoms with Crippen molar-refractivity contribution in [1.29, 1.82) is 0 Å². The van der Waals surface area contributed by atoms with Crippen molar-refractivity contribution in [2.75, 3.05) is 12.3 Å². The Labute approximate surface area is 139 Å². The predicted molar refractivity (Wildman–Crippen MR) is 89.9 cm³/mol. The maximum absolute atomic E-state index is 12.5. The van der Waals surface area contributed by atoms with Gasteiger partial charge in [0.05, 0.1) is 6.61 Å². The molecule has 2 aromatic carbocycles. The molecular formula is C16H13Br2NO2. The van der Waals surface area contributed by atoms with Crippen LogP contribution in [0.15, 0.2) is 39.3 Å². The van der Waals surface area contributed by atoms with E-state index in [1.807, 2.05) is 18.2 Å². The van der Waals surface area contributed by atoms with E-state index in [9.17, 15) is 4.79 Å². The largest absolute Gasteiger partial charge is 0.493 e. The van der Waals surface area contributed by atoms with Crippen LogP contribution in [0.3, 0.4) is 0 Å². The van der Waals surface area contributed by atoms with Gasteiger partial charge in [0.2, 0.25) is 0 Å². The molecule has 0 fully saturated rings. The Bertz CT molecular complexity index is 728. The second kappa shape index (κ2) is 5.81. The van der Waals surface area contributed by atoms with Gasteiger partial charge >= 0.3 is 0 Å². The topological polar surface area (TPSA) is 52.3 Å². The molecule has 1 heterocycles. The highest BCUT2D eigenvalue weighted by molar-refractivity contribution is 9.10. The average Bonchev–Trinajstić information content (AvgIpc) is 2.89. The van der Waals surface area contributed by atoms with E-state index >= 15 is 0 Å². The number of ketones is 1. The summed E-state index contributed by atoms with van der Waals surface area (Å²) in [4.78, 5) is 12.5. The molecule has 0 bridgehead atoms. The van der Waals surface area contributed by atoms with Gasteiger partial charge in [-0.15, -0.1) is 0 Å². The minimum Gasteiger partial charge on any atom is -0.493 e. The summed E-state index contributed by atoms with van der Waals surface area (Å²) in [5.41, 5.74) is 8.99. The van der Waals surface area contributed by atoms with Crippen molar-refractivity contribution in [2.24, 2.45) is 0 Å². The lowest BCUT2D eigenvalue weighted by atomic mass is 9.99. The minimum absolute atomic E-state index is 0.00963. The zero-order chi connectivity index (χ0) is 15.0. The quantitative estimate of drug-likeness (QED) is 0.610. The van der Waals surface area contributed by atoms with E-state index in [1.54, 1.807) is 12.1 Å². The Balaban J connectivity index is 1.94. The van der Waals surface area contributed by atoms with Crippen LogP contribution in [0.2, 0.25) is 0 Å². The maximum atomic E-state index is 12.5. The summed E-state index contributed by atoms with van der Waals surface area (Å²) in [5, 5.41) is 0. The van der Waals surface area contributed by atoms with Crippen LogP contribution in [-0.4, -0.2) is 12.4 Å². The molecule has 0 unspecified atom stereocenters. The summed E-state index contributed by atoms with van der Waals surface area (Å²) in [6, 6.07) is 9.31. The van der Waals surface area contributed by atoms with Crippen molar-refractivity contribution in [3.05, 3.63) is 56.0 Å². The molecule has 5 heteroatoms. The molecule has 0 spiro atoms. The van der Waals surface area contributed by atoms with Gasteiger partial charge in [0.15, 0.2) is 5.78 Å². The number of anilines is 1. The number of hydrogen-bond donors (Lipinski definition) is 1. The summed E-state index contributed by atoms with van der Waals surface area (Å²) >= 11 is 6.86. The van der Waals surface area contributed by atoms with Crippen molar-refractivity contribution in [3.8, 4) is 5.75 Å². The first kappa shape index (κ1) is 14.6. The lowest BCUT2D eigenvalue weighted by Crippen LogP contribution is -2.08. The summed E-state index contributed by atoms with van der Waals surface area (Å²) in [6.07, 6.45) is 1.16. The van der Waals surface area contributed by atoms with Crippen LogP contribution >= 0.6 is 31.9 Å². The van der Waals surface area contributed by atoms with Crippen molar-refractivity contribution >= 4 is 43.3 Å². The molecule has 3 rings (SSSR count). The molecule has 0 amide bonds. The first-order valence-electron chi connectivity index (χ1n) is 6.57. The van der Waals surface area contributed by atoms with E-state index in [1.165, 1.54) is 0 Å². The SMILES string of the molecule is Nc1ccc(Br)cc1C(=O)Cc1cc(Br)cc2c1OCC2. The molecule has 0 aromatic heterocycles. The smallest absolute Gasteiger partial charge is 0.169 e. The molecule has 1 aliphatic heterocycles. The molecule has 0 radical (unpaired) electrons. The summed E-state index contributed by atoms with van der Waals surface area (Å²) in [7, 11) is 0. The van der Waals surface area contributed by atoms with Crippen molar-refractivity contribution < 1.29 is 9.53 Å². The Hall–Kier alpha value is -1.33. The number of hydrogen-bond acceptors (Lipinski definition) is 3. The second-order valence-electron chi connectivity index (χ2n) is 4.98. The molecule has 0 saturated heterocycles. The van der Waals surface area contributed by atoms with Crippen LogP contribution in [0.25, 0.3) is 0 Å². The van der Waals surface area contributed by atoms with Crippen LogP contribution < -0.4 is 10.5 Å². The third-order valence-electron chi connectivity index (χ3n) is 3.49. The second-order valence-corrected chi connectivity index (χ2v) is 6.81. The van der Waals surface area contributed by atoms with Gasteiger partial charge in [-0.3, -0.25) is 4.79 Å². The molecule has 0 aliphatic carbocycles. The molecule has 0 saturated carbocycles. The minimum atomic E-state index is -0.00963. The van der Waals surface area contributed by atoms with Crippen LogP contribution in [0.5, 0.6) is 5.75 Å². The van der Waals surface area contributed by atoms with Gasteiger partial charge in [0.1, 0.15) is 5.75 Å². The number of fused-ring (bicyclic) bond motifs is 1. The Morgan fingerprint density at radius 2 is 2.00 bits per heavy atom. The fourth-order valence-corrected chi connectivity index (χ4v) is 3.43. The van der Waals surface area contributed by atoms with Gasteiger partial charge in [-0.2, -0.15) is 0 Å². The fourth-order valence-electron chi connectivity index (χ4n) is 2.52. The average molecular weight is 411 g/mol. The first-order valence-corrected chi connectivity index (χ1v) is 8.15. The van der Waals surface area contributed by atoms with Gasteiger partial charge in [0.25, 0.3) is 0 Å². The Kier molecular flexibility index (Phi) is 4.04. The van der Waals surface area contributed by atoms with Crippen molar-refractivity contribution in [3.63, 3.8) is 0 Å². The summed E-state index contributed by atoms with van der Waals surface area (Å²) in [6.45, 7) is 0.673. The molecule has 21 heavy (non-hydrogen) atoms. The van der Waals surface area contributed by atoms with E-state index in [4.69, 9.17) is 10.5 Å². The Morgan fingerprint density at radius 3 is 2.81 bits per heavy atom. The molecule has 2 N–H and O–H groups in total. The van der Waals surface area contributed by atoms with E-state index in [2.05, 4.69) is 31.9 Å². The van der Waals surface area contributed by atoms with Gasteiger partial charge in [-0.25, -0.2) is 0 Å². The standard InChI is InChI=1S/C16H13Br2NO2/c17-11-1-2-14(19)13(8-11)15(20)7-10-6-12(18)5-9-3-4-21-16(9)10/h1-2,5-6,8H,3-4,7,19H2. The number of Topliss-reactive ketones (excluding diaryl/α,β-unsaturated/α-hetero) is 1. The van der Waals surface area contributed by atoms with Crippen molar-refractivity contribution in [2.45, 2.75) is 12.8 Å². The molecule has 1 aliphatic rings. The number of rotatable bonds is 3. The zero-order valence-corrected chi connectivity index (χ0v) is 14.3. The van der Waals surface area contributed by atoms with E-state index in [0.717, 1.165) is 32.2 Å². The fraction of sp³-hybridized carbons (Fsp3) is 0.188. The highest BCUT2D eigenvalue weighted by atomic mass is 79.9. The first-order chi connectivity index (χ1) is 10.0. The number of carbonyl (C=O) groups excluding carboxylic acids is 1. The van der Waals surface area contributed by atoms with Crippen LogP contribution in [-0.2, 0) is 12.8 Å². The van der Waals surface area contributed by atoms with E-state index in [0.29, 0.717) is 17.9 Å². The number of nitrogen functional groups attached to an aromatic ring is 1. The molecule has 3 nitrogen and oxygen atoms in total. The lowest BCUT2D eigenvalue weighted by Gasteiger charge is -2.10. The number of carbonyl (C=O) groups is 1. The number of nitrogens with two attached hydrogens (primary N) is 1. The highest BCUT2D eigenvalue weighted by Crippen LogP contribution is 2.34. The van der Waals surface area contributed by atoms with Gasteiger partial charge < -0.3 is 10.5 Å². The molecule has 108 valence electrons. The third kappa shape index (κ3) is 2.99. The maximum Gasteiger partial charge on any atom is 0.169 e. The van der Waals surface area contributed by atoms with Gasteiger partial charge in [-0.05, 0) is 35.9 Å². The predicted octanol–water partition coefficient (Wildman–Crippen LogP) is 4.15. The van der Waals surface area contributed by atoms with Gasteiger partial charge in [-0.1, -0.05) is 31.9 Å². The van der Waals surface area contributed by atoms with Crippen LogP contribution in [0, 0.1) is 0 Å². The normalized spacial score (nSPS) is 12.9. The molecule has 0 atom stereocenters. The highest BCUT2D eigenvalue weighted by Gasteiger charge is 2.20. The number of ether oxygens (including phenoxy) is 1. The molecular weight excluding hydrogens is 398 g/mol. The van der Waals surface area contributed by atoms with E-state index < -0.39 is 0 Å². The van der Waals surface area contributed by atoms with Gasteiger partial charge in [0, 0.05) is 38.6 Å². The number of benzene rings is 2. The number of halogens is 2. The van der Waals surface area contributed by atoms with Crippen molar-refractivity contribution in [1.82, 2.24) is 0 Å². The zero-order valence-electron chi connectivity index (χ0n) is 11.2. The monoisotopic (exact) mass is 409 g/mol. The van der Waals surface area contributed by atoms with Crippen LogP contribution in [0.4, 0.5) is 5.69 Å². The van der Waals surface area contributed by atoms with Crippen LogP contribution in [0.1, 0.15) is 21.5 Å². The Morgan fingerprint density at radius 1 is 1.19 bits per heavy atom. The molecule has 2 aromatic rings.